The number of hydrogen-bond donors (Lipinski definition) is 3. The van der Waals surface area contributed by atoms with Crippen LogP contribution in [0.1, 0.15) is 16.8 Å². The topological polar surface area (TPSA) is 122 Å². The molecule has 0 saturated carbocycles. The van der Waals surface area contributed by atoms with Gasteiger partial charge >= 0.3 is 5.97 Å². The Balaban J connectivity index is 1.93. The van der Waals surface area contributed by atoms with Gasteiger partial charge in [-0.15, -0.1) is 0 Å². The number of alkyl halides is 2. The highest BCUT2D eigenvalue weighted by atomic mass is 19.3. The van der Waals surface area contributed by atoms with Crippen LogP contribution in [-0.2, 0) is 0 Å². The van der Waals surface area contributed by atoms with Crippen molar-refractivity contribution in [2.45, 2.75) is 19.0 Å². The molecule has 4 rings (SSSR count). The van der Waals surface area contributed by atoms with Crippen molar-refractivity contribution in [3.8, 4) is 5.82 Å². The fourth-order valence-electron chi connectivity index (χ4n) is 4.03. The molecule has 34 heavy (non-hydrogen) atoms. The number of aromatic nitrogens is 2. The summed E-state index contributed by atoms with van der Waals surface area (Å²) in [5.74, 6) is -7.23. The van der Waals surface area contributed by atoms with Crippen LogP contribution in [0.4, 0.5) is 33.5 Å². The summed E-state index contributed by atoms with van der Waals surface area (Å²) in [7, 11) is 0. The average molecular weight is 484 g/mol. The molecule has 0 aliphatic carbocycles. The first-order valence-corrected chi connectivity index (χ1v) is 9.94. The molecule has 1 fully saturated rings. The first-order valence-electron chi connectivity index (χ1n) is 9.94. The van der Waals surface area contributed by atoms with Gasteiger partial charge in [-0.1, -0.05) is 0 Å². The summed E-state index contributed by atoms with van der Waals surface area (Å²) in [4.78, 5) is 29.2. The van der Waals surface area contributed by atoms with Crippen molar-refractivity contribution in [2.24, 2.45) is 5.92 Å². The highest BCUT2D eigenvalue weighted by Gasteiger charge is 2.34. The lowest BCUT2D eigenvalue weighted by atomic mass is 10.0. The summed E-state index contributed by atoms with van der Waals surface area (Å²) in [6.45, 7) is -0.0219. The van der Waals surface area contributed by atoms with E-state index in [-0.39, 0.29) is 30.7 Å². The number of halogens is 5. The van der Waals surface area contributed by atoms with E-state index in [1.165, 1.54) is 4.90 Å². The van der Waals surface area contributed by atoms with Gasteiger partial charge in [-0.2, -0.15) is 0 Å². The van der Waals surface area contributed by atoms with E-state index < -0.39 is 69.9 Å². The predicted octanol–water partition coefficient (Wildman–Crippen LogP) is 2.54. The second kappa shape index (κ2) is 8.56. The van der Waals surface area contributed by atoms with Gasteiger partial charge in [0.15, 0.2) is 23.3 Å². The van der Waals surface area contributed by atoms with Crippen LogP contribution in [0.15, 0.2) is 29.2 Å². The van der Waals surface area contributed by atoms with Gasteiger partial charge in [0.25, 0.3) is 6.43 Å². The second-order valence-electron chi connectivity index (χ2n) is 7.85. The minimum Gasteiger partial charge on any atom is -0.477 e. The second-order valence-corrected chi connectivity index (χ2v) is 7.85. The lowest BCUT2D eigenvalue weighted by molar-refractivity contribution is -0.0334. The van der Waals surface area contributed by atoms with E-state index >= 15 is 0 Å². The van der Waals surface area contributed by atoms with E-state index in [4.69, 9.17) is 5.73 Å². The van der Waals surface area contributed by atoms with Crippen molar-refractivity contribution in [1.29, 1.82) is 0 Å². The Kier molecular flexibility index (Phi) is 5.89. The number of pyridine rings is 2. The summed E-state index contributed by atoms with van der Waals surface area (Å²) < 4.78 is 69.8. The Bertz CT molecular complexity index is 1360. The summed E-state index contributed by atoms with van der Waals surface area (Å²) in [5.41, 5.74) is 3.20. The molecule has 3 heterocycles. The van der Waals surface area contributed by atoms with Crippen LogP contribution in [-0.4, -0.2) is 51.4 Å². The largest absolute Gasteiger partial charge is 0.477 e. The summed E-state index contributed by atoms with van der Waals surface area (Å²) in [6, 6.07) is 2.27. The first kappa shape index (κ1) is 23.4. The lowest BCUT2D eigenvalue weighted by Crippen LogP contribution is -2.31. The van der Waals surface area contributed by atoms with E-state index in [1.807, 2.05) is 0 Å². The SMILES string of the molecule is Nc1nc(-n2cc(C(=O)O)c(=O)c3cc(F)c(N4CC[C@@H](C(O)C(F)F)C4)cc32)c(F)cc1F. The molecule has 180 valence electrons. The minimum atomic E-state index is -2.98. The fourth-order valence-corrected chi connectivity index (χ4v) is 4.03. The van der Waals surface area contributed by atoms with E-state index in [0.717, 1.165) is 22.9 Å². The molecule has 1 aromatic carbocycles. The summed E-state index contributed by atoms with van der Waals surface area (Å²) in [5, 5.41) is 18.6. The molecule has 0 spiro atoms. The number of carbonyl (C=O) groups is 1. The number of anilines is 2. The molecule has 0 radical (unpaired) electrons. The molecule has 3 aromatic rings. The highest BCUT2D eigenvalue weighted by molar-refractivity contribution is 5.94. The van der Waals surface area contributed by atoms with Crippen molar-refractivity contribution in [2.75, 3.05) is 23.7 Å². The van der Waals surface area contributed by atoms with Gasteiger partial charge in [-0.25, -0.2) is 31.7 Å². The molecule has 0 amide bonds. The van der Waals surface area contributed by atoms with Gasteiger partial charge in [0, 0.05) is 31.3 Å². The fraction of sp³-hybridized carbons (Fsp3) is 0.286. The van der Waals surface area contributed by atoms with Gasteiger partial charge in [-0.05, 0) is 18.6 Å². The van der Waals surface area contributed by atoms with Crippen LogP contribution >= 0.6 is 0 Å². The quantitative estimate of drug-likeness (QED) is 0.476. The van der Waals surface area contributed by atoms with E-state index in [1.54, 1.807) is 0 Å². The lowest BCUT2D eigenvalue weighted by Gasteiger charge is -2.22. The number of rotatable bonds is 5. The number of benzene rings is 1. The average Bonchev–Trinajstić information content (AvgIpc) is 3.25. The first-order chi connectivity index (χ1) is 16.0. The Hall–Kier alpha value is -3.74. The number of carboxylic acids is 1. The van der Waals surface area contributed by atoms with Crippen molar-refractivity contribution in [3.05, 3.63) is 57.6 Å². The number of aliphatic hydroxyl groups excluding tert-OH is 1. The van der Waals surface area contributed by atoms with Crippen molar-refractivity contribution < 1.29 is 37.0 Å². The molecular formula is C21H17F5N4O4. The Morgan fingerprint density at radius 2 is 1.85 bits per heavy atom. The van der Waals surface area contributed by atoms with E-state index in [2.05, 4.69) is 4.98 Å². The van der Waals surface area contributed by atoms with Crippen LogP contribution in [0.2, 0.25) is 0 Å². The molecule has 8 nitrogen and oxygen atoms in total. The normalized spacial score (nSPS) is 17.0. The number of aliphatic hydroxyl groups is 1. The molecule has 4 N–H and O–H groups in total. The van der Waals surface area contributed by atoms with Crippen LogP contribution < -0.4 is 16.1 Å². The third-order valence-electron chi connectivity index (χ3n) is 5.78. The maximum Gasteiger partial charge on any atom is 0.341 e. The van der Waals surface area contributed by atoms with Gasteiger partial charge < -0.3 is 20.8 Å². The molecular weight excluding hydrogens is 467 g/mol. The Labute approximate surface area is 187 Å². The number of aromatic carboxylic acids is 1. The van der Waals surface area contributed by atoms with Crippen molar-refractivity contribution in [1.82, 2.24) is 9.55 Å². The number of nitrogens with two attached hydrogens (primary N) is 1. The third-order valence-corrected chi connectivity index (χ3v) is 5.78. The zero-order chi connectivity index (χ0) is 24.9. The number of fused-ring (bicyclic) bond motifs is 1. The predicted molar refractivity (Wildman–Crippen MR) is 111 cm³/mol. The van der Waals surface area contributed by atoms with Crippen molar-refractivity contribution >= 4 is 28.4 Å². The van der Waals surface area contributed by atoms with Gasteiger partial charge in [0.1, 0.15) is 17.5 Å². The number of hydrogen-bond acceptors (Lipinski definition) is 6. The summed E-state index contributed by atoms with van der Waals surface area (Å²) >= 11 is 0. The minimum absolute atomic E-state index is 0.102. The van der Waals surface area contributed by atoms with Crippen LogP contribution in [0.25, 0.3) is 16.7 Å². The molecule has 1 saturated heterocycles. The van der Waals surface area contributed by atoms with E-state index in [0.29, 0.717) is 6.07 Å². The molecule has 2 aromatic heterocycles. The van der Waals surface area contributed by atoms with Crippen LogP contribution in [0.5, 0.6) is 0 Å². The maximum absolute atomic E-state index is 15.0. The van der Waals surface area contributed by atoms with Crippen molar-refractivity contribution in [3.63, 3.8) is 0 Å². The highest BCUT2D eigenvalue weighted by Crippen LogP contribution is 2.33. The van der Waals surface area contributed by atoms with Crippen LogP contribution in [0, 0.1) is 23.4 Å². The monoisotopic (exact) mass is 484 g/mol. The molecule has 1 aliphatic rings. The molecule has 13 heteroatoms. The Morgan fingerprint density at radius 3 is 2.50 bits per heavy atom. The molecule has 1 unspecified atom stereocenters. The molecule has 2 atom stereocenters. The Morgan fingerprint density at radius 1 is 1.15 bits per heavy atom. The maximum atomic E-state index is 15.0. The summed E-state index contributed by atoms with van der Waals surface area (Å²) in [6.07, 6.45) is -4.00. The van der Waals surface area contributed by atoms with E-state index in [9.17, 15) is 41.8 Å². The zero-order valence-electron chi connectivity index (χ0n) is 17.2. The van der Waals surface area contributed by atoms with Crippen LogP contribution in [0.3, 0.4) is 0 Å². The smallest absolute Gasteiger partial charge is 0.341 e. The number of nitrogen functional groups attached to an aromatic ring is 1. The number of carboxylic acid groups (broad SMARTS) is 1. The van der Waals surface area contributed by atoms with Gasteiger partial charge in [0.2, 0.25) is 5.43 Å². The third kappa shape index (κ3) is 3.91. The zero-order valence-corrected chi connectivity index (χ0v) is 17.2. The number of nitrogens with zero attached hydrogens (tertiary/aromatic N) is 3. The molecule has 1 aliphatic heterocycles. The molecule has 0 bridgehead atoms. The van der Waals surface area contributed by atoms with Gasteiger partial charge in [0.05, 0.1) is 16.6 Å². The standard InChI is InChI=1S/C21H17F5N4O4/c22-11-3-9-14(5-15(11)29-2-1-8(6-29)16(31)18(25)26)30(7-10(17(9)32)21(33)34)20-13(24)4-12(23)19(27)28-20/h3-5,7-8,16,18,31H,1-2,6H2,(H2,27,28)(H,33,34)/t8-,16?/m1/s1. The van der Waals surface area contributed by atoms with Gasteiger partial charge in [-0.3, -0.25) is 9.36 Å².